The van der Waals surface area contributed by atoms with Crippen molar-refractivity contribution in [3.8, 4) is 5.75 Å². The van der Waals surface area contributed by atoms with Crippen molar-refractivity contribution in [3.63, 3.8) is 0 Å². The molecule has 0 radical (unpaired) electrons. The zero-order valence-corrected chi connectivity index (χ0v) is 17.4. The van der Waals surface area contributed by atoms with Crippen molar-refractivity contribution in [2.75, 3.05) is 13.7 Å². The minimum atomic E-state index is -3.81. The molecule has 3 aromatic rings. The van der Waals surface area contributed by atoms with Crippen molar-refractivity contribution < 1.29 is 22.4 Å². The number of methoxy groups -OCH3 is 1. The van der Waals surface area contributed by atoms with Gasteiger partial charge in [0.2, 0.25) is 0 Å². The number of amides is 1. The van der Waals surface area contributed by atoms with Gasteiger partial charge in [-0.2, -0.15) is 0 Å². The second kappa shape index (κ2) is 8.62. The van der Waals surface area contributed by atoms with Crippen molar-refractivity contribution >= 4 is 31.7 Å². The second-order valence-electron chi connectivity index (χ2n) is 5.94. The molecule has 28 heavy (non-hydrogen) atoms. The molecule has 0 bridgehead atoms. The molecule has 0 saturated heterocycles. The Kier molecular flexibility index (Phi) is 6.21. The quantitative estimate of drug-likeness (QED) is 0.572. The molecular formula is C20H18BrNO5S. The number of halogens is 1. The molecule has 6 nitrogen and oxygen atoms in total. The predicted octanol–water partition coefficient (Wildman–Crippen LogP) is 4.00. The Morgan fingerprint density at radius 3 is 2.36 bits per heavy atom. The van der Waals surface area contributed by atoms with Gasteiger partial charge in [0, 0.05) is 16.6 Å². The molecule has 1 N–H and O–H groups in total. The van der Waals surface area contributed by atoms with Crippen molar-refractivity contribution in [1.82, 2.24) is 5.32 Å². The Morgan fingerprint density at radius 2 is 1.79 bits per heavy atom. The second-order valence-corrected chi connectivity index (χ2v) is 8.99. The van der Waals surface area contributed by atoms with Crippen LogP contribution in [-0.2, 0) is 9.84 Å². The minimum Gasteiger partial charge on any atom is -0.497 e. The van der Waals surface area contributed by atoms with Gasteiger partial charge in [-0.3, -0.25) is 4.79 Å². The van der Waals surface area contributed by atoms with Crippen LogP contribution in [0.3, 0.4) is 0 Å². The van der Waals surface area contributed by atoms with Crippen LogP contribution in [-0.4, -0.2) is 28.0 Å². The normalized spacial score (nSPS) is 12.4. The molecule has 3 rings (SSSR count). The van der Waals surface area contributed by atoms with E-state index >= 15 is 0 Å². The lowest BCUT2D eigenvalue weighted by atomic mass is 10.2. The molecule has 0 aliphatic carbocycles. The molecule has 8 heteroatoms. The average Bonchev–Trinajstić information content (AvgIpc) is 3.22. The van der Waals surface area contributed by atoms with E-state index in [0.717, 1.165) is 4.47 Å². The highest BCUT2D eigenvalue weighted by molar-refractivity contribution is 9.10. The number of carbonyl (C=O) groups excluding carboxylic acids is 1. The van der Waals surface area contributed by atoms with Crippen molar-refractivity contribution in [2.24, 2.45) is 0 Å². The van der Waals surface area contributed by atoms with E-state index < -0.39 is 15.1 Å². The zero-order chi connectivity index (χ0) is 20.1. The molecule has 1 heterocycles. The number of nitrogens with one attached hydrogen (secondary N) is 1. The number of carbonyl (C=O) groups is 1. The van der Waals surface area contributed by atoms with Crippen LogP contribution in [0.5, 0.6) is 5.75 Å². The van der Waals surface area contributed by atoms with Crippen LogP contribution >= 0.6 is 15.9 Å². The van der Waals surface area contributed by atoms with Gasteiger partial charge in [0.25, 0.3) is 5.91 Å². The van der Waals surface area contributed by atoms with E-state index in [0.29, 0.717) is 11.3 Å². The zero-order valence-electron chi connectivity index (χ0n) is 15.0. The molecule has 1 amide bonds. The molecule has 0 saturated carbocycles. The first-order valence-electron chi connectivity index (χ1n) is 8.37. The highest BCUT2D eigenvalue weighted by Gasteiger charge is 2.32. The standard InChI is InChI=1S/C20H18BrNO5S/c1-26-16-8-10-17(11-9-16)28(24,25)19(18-3-2-12-27-18)13-22-20(23)14-4-6-15(21)7-5-14/h2-12,19H,13H2,1H3,(H,22,23)/t19-/m1/s1. The largest absolute Gasteiger partial charge is 0.497 e. The predicted molar refractivity (Wildman–Crippen MR) is 108 cm³/mol. The number of furan rings is 1. The van der Waals surface area contributed by atoms with E-state index in [-0.39, 0.29) is 23.1 Å². The van der Waals surface area contributed by atoms with Crippen LogP contribution < -0.4 is 10.1 Å². The van der Waals surface area contributed by atoms with Gasteiger partial charge in [-0.25, -0.2) is 8.42 Å². The molecule has 0 unspecified atom stereocenters. The Morgan fingerprint density at radius 1 is 1.11 bits per heavy atom. The molecule has 0 aliphatic rings. The Labute approximate surface area is 171 Å². The first-order valence-corrected chi connectivity index (χ1v) is 10.7. The van der Waals surface area contributed by atoms with Gasteiger partial charge in [0.05, 0.1) is 18.3 Å². The van der Waals surface area contributed by atoms with E-state index in [9.17, 15) is 13.2 Å². The van der Waals surface area contributed by atoms with Crippen molar-refractivity contribution in [1.29, 1.82) is 0 Å². The maximum atomic E-state index is 13.2. The smallest absolute Gasteiger partial charge is 0.251 e. The van der Waals surface area contributed by atoms with E-state index in [1.807, 2.05) is 0 Å². The summed E-state index contributed by atoms with van der Waals surface area (Å²) in [4.78, 5) is 12.5. The van der Waals surface area contributed by atoms with Gasteiger partial charge in [-0.1, -0.05) is 15.9 Å². The van der Waals surface area contributed by atoms with E-state index in [4.69, 9.17) is 9.15 Å². The van der Waals surface area contributed by atoms with Crippen molar-refractivity contribution in [2.45, 2.75) is 10.1 Å². The van der Waals surface area contributed by atoms with Crippen molar-refractivity contribution in [3.05, 3.63) is 82.7 Å². The van der Waals surface area contributed by atoms with Crippen LogP contribution in [0.2, 0.25) is 0 Å². The summed E-state index contributed by atoms with van der Waals surface area (Å²) in [6.07, 6.45) is 1.41. The number of rotatable bonds is 7. The van der Waals surface area contributed by atoms with Crippen LogP contribution in [0, 0.1) is 0 Å². The number of hydrogen-bond donors (Lipinski definition) is 1. The first kappa shape index (κ1) is 20.2. The lowest BCUT2D eigenvalue weighted by molar-refractivity contribution is 0.0953. The van der Waals surface area contributed by atoms with E-state index in [2.05, 4.69) is 21.2 Å². The van der Waals surface area contributed by atoms with Gasteiger partial charge in [-0.05, 0) is 60.7 Å². The number of sulfone groups is 1. The fourth-order valence-electron chi connectivity index (χ4n) is 2.66. The average molecular weight is 464 g/mol. The van der Waals surface area contributed by atoms with E-state index in [1.54, 1.807) is 48.5 Å². The SMILES string of the molecule is COc1ccc(S(=O)(=O)[C@H](CNC(=O)c2ccc(Br)cc2)c2ccco2)cc1. The van der Waals surface area contributed by atoms with Gasteiger partial charge in [-0.15, -0.1) is 0 Å². The molecule has 0 spiro atoms. The highest BCUT2D eigenvalue weighted by Crippen LogP contribution is 2.30. The van der Waals surface area contributed by atoms with E-state index in [1.165, 1.54) is 25.5 Å². The third-order valence-corrected chi connectivity index (χ3v) is 6.78. The molecule has 0 fully saturated rings. The number of ether oxygens (including phenoxy) is 1. The summed E-state index contributed by atoms with van der Waals surface area (Å²) >= 11 is 3.31. The topological polar surface area (TPSA) is 85.6 Å². The van der Waals surface area contributed by atoms with Crippen LogP contribution in [0.15, 0.2) is 80.7 Å². The minimum absolute atomic E-state index is 0.118. The summed E-state index contributed by atoms with van der Waals surface area (Å²) in [7, 11) is -2.30. The van der Waals surface area contributed by atoms with Crippen LogP contribution in [0.1, 0.15) is 21.4 Å². The van der Waals surface area contributed by atoms with Gasteiger partial charge < -0.3 is 14.5 Å². The fraction of sp³-hybridized carbons (Fsp3) is 0.150. The molecule has 2 aromatic carbocycles. The summed E-state index contributed by atoms with van der Waals surface area (Å²) in [6, 6.07) is 16.1. The first-order chi connectivity index (χ1) is 13.4. The van der Waals surface area contributed by atoms with Gasteiger partial charge in [0.1, 0.15) is 16.8 Å². The summed E-state index contributed by atoms with van der Waals surface area (Å²) in [5, 5.41) is 1.63. The third-order valence-electron chi connectivity index (χ3n) is 4.18. The molecule has 1 atom stereocenters. The molecular weight excluding hydrogens is 446 g/mol. The Balaban J connectivity index is 1.85. The molecule has 146 valence electrons. The number of hydrogen-bond acceptors (Lipinski definition) is 5. The maximum Gasteiger partial charge on any atom is 0.251 e. The lowest BCUT2D eigenvalue weighted by Gasteiger charge is -2.17. The monoisotopic (exact) mass is 463 g/mol. The number of benzene rings is 2. The van der Waals surface area contributed by atoms with Gasteiger partial charge in [0.15, 0.2) is 9.84 Å². The summed E-state index contributed by atoms with van der Waals surface area (Å²) in [5.74, 6) is 0.443. The molecule has 1 aromatic heterocycles. The molecule has 0 aliphatic heterocycles. The lowest BCUT2D eigenvalue weighted by Crippen LogP contribution is -2.31. The summed E-state index contributed by atoms with van der Waals surface area (Å²) in [6.45, 7) is -0.128. The summed E-state index contributed by atoms with van der Waals surface area (Å²) in [5.41, 5.74) is 0.434. The summed E-state index contributed by atoms with van der Waals surface area (Å²) < 4.78 is 37.6. The third kappa shape index (κ3) is 4.45. The maximum absolute atomic E-state index is 13.2. The van der Waals surface area contributed by atoms with Crippen LogP contribution in [0.25, 0.3) is 0 Å². The van der Waals surface area contributed by atoms with Gasteiger partial charge >= 0.3 is 0 Å². The Hall–Kier alpha value is -2.58. The van der Waals surface area contributed by atoms with Crippen LogP contribution in [0.4, 0.5) is 0 Å². The highest BCUT2D eigenvalue weighted by atomic mass is 79.9. The fourth-order valence-corrected chi connectivity index (χ4v) is 4.51. The Bertz CT molecular complexity index is 1030.